The van der Waals surface area contributed by atoms with E-state index in [0.29, 0.717) is 0 Å². The maximum absolute atomic E-state index is 13.2. The van der Waals surface area contributed by atoms with Crippen molar-refractivity contribution in [2.75, 3.05) is 6.61 Å². The number of esters is 1. The van der Waals surface area contributed by atoms with E-state index in [1.54, 1.807) is 0 Å². The second-order valence-corrected chi connectivity index (χ2v) is 4.51. The van der Waals surface area contributed by atoms with Crippen LogP contribution in [0.25, 0.3) is 0 Å². The first-order valence-corrected chi connectivity index (χ1v) is 7.07. The van der Waals surface area contributed by atoms with E-state index < -0.39 is 36.6 Å². The lowest BCUT2D eigenvalue weighted by Crippen LogP contribution is -2.21. The predicted molar refractivity (Wildman–Crippen MR) is 68.8 cm³/mol. The molecule has 0 saturated heterocycles. The molecule has 0 amide bonds. The van der Waals surface area contributed by atoms with Crippen LogP contribution in [0.3, 0.4) is 0 Å². The molecule has 0 spiro atoms. The maximum Gasteiger partial charge on any atom is 0.574 e. The number of carbonyl (C=O) groups excluding carboxylic acids is 1. The Morgan fingerprint density at radius 2 is 2.05 bits per heavy atom. The molecular formula is C12H11BrF5NO3. The van der Waals surface area contributed by atoms with E-state index in [0.717, 1.165) is 6.20 Å². The molecule has 4 nitrogen and oxygen atoms in total. The average molecular weight is 392 g/mol. The minimum Gasteiger partial charge on any atom is -0.466 e. The lowest BCUT2D eigenvalue weighted by molar-refractivity contribution is -0.276. The van der Waals surface area contributed by atoms with Gasteiger partial charge >= 0.3 is 12.3 Å². The van der Waals surface area contributed by atoms with Gasteiger partial charge < -0.3 is 9.47 Å². The fourth-order valence-corrected chi connectivity index (χ4v) is 2.17. The van der Waals surface area contributed by atoms with Crippen molar-refractivity contribution in [2.24, 2.45) is 0 Å². The molecule has 0 unspecified atom stereocenters. The Kier molecular flexibility index (Phi) is 6.51. The fourth-order valence-electron chi connectivity index (χ4n) is 1.68. The molecule has 124 valence electrons. The zero-order valence-electron chi connectivity index (χ0n) is 11.2. The number of ether oxygens (including phenoxy) is 2. The Labute approximate surface area is 130 Å². The minimum absolute atomic E-state index is 0.0173. The molecule has 22 heavy (non-hydrogen) atoms. The molecule has 0 aliphatic carbocycles. The minimum atomic E-state index is -5.17. The van der Waals surface area contributed by atoms with Gasteiger partial charge in [0.05, 0.1) is 18.6 Å². The Hall–Kier alpha value is -1.45. The normalized spacial score (nSPS) is 11.6. The lowest BCUT2D eigenvalue weighted by Gasteiger charge is -2.17. The van der Waals surface area contributed by atoms with Gasteiger partial charge in [0.15, 0.2) is 0 Å². The molecule has 0 fully saturated rings. The second kappa shape index (κ2) is 7.70. The zero-order valence-corrected chi connectivity index (χ0v) is 12.8. The lowest BCUT2D eigenvalue weighted by atomic mass is 10.0. The van der Waals surface area contributed by atoms with Crippen molar-refractivity contribution < 1.29 is 36.2 Å². The van der Waals surface area contributed by atoms with Gasteiger partial charge in [0.2, 0.25) is 5.88 Å². The average Bonchev–Trinajstić information content (AvgIpc) is 2.37. The number of hydrogen-bond acceptors (Lipinski definition) is 4. The third kappa shape index (κ3) is 5.08. The van der Waals surface area contributed by atoms with Gasteiger partial charge in [0, 0.05) is 11.5 Å². The van der Waals surface area contributed by atoms with Gasteiger partial charge in [-0.25, -0.2) is 13.8 Å². The van der Waals surface area contributed by atoms with Crippen LogP contribution >= 0.6 is 15.9 Å². The van der Waals surface area contributed by atoms with E-state index in [1.165, 1.54) is 6.92 Å². The molecule has 1 aromatic heterocycles. The van der Waals surface area contributed by atoms with Crippen molar-refractivity contribution in [1.82, 2.24) is 4.98 Å². The van der Waals surface area contributed by atoms with E-state index in [9.17, 15) is 26.7 Å². The first kappa shape index (κ1) is 18.6. The number of hydrogen-bond donors (Lipinski definition) is 0. The highest BCUT2D eigenvalue weighted by Crippen LogP contribution is 2.36. The molecule has 0 aliphatic heterocycles. The van der Waals surface area contributed by atoms with Gasteiger partial charge in [-0.05, 0) is 18.1 Å². The number of halogens is 6. The zero-order chi connectivity index (χ0) is 16.9. The number of nitrogens with zero attached hydrogens (tertiary/aromatic N) is 1. The predicted octanol–water partition coefficient (Wildman–Crippen LogP) is 3.92. The van der Waals surface area contributed by atoms with Crippen molar-refractivity contribution in [2.45, 2.75) is 31.5 Å². The molecule has 1 aromatic rings. The molecule has 10 heteroatoms. The van der Waals surface area contributed by atoms with Gasteiger partial charge in [0.1, 0.15) is 0 Å². The summed E-state index contributed by atoms with van der Waals surface area (Å²) in [6.07, 6.45) is -8.14. The van der Waals surface area contributed by atoms with E-state index in [4.69, 9.17) is 0 Å². The Bertz CT molecular complexity index is 536. The summed E-state index contributed by atoms with van der Waals surface area (Å²) in [5.41, 5.74) is -1.21. The summed E-state index contributed by atoms with van der Waals surface area (Å²) in [7, 11) is 0. The smallest absolute Gasteiger partial charge is 0.466 e. The van der Waals surface area contributed by atoms with Crippen LogP contribution in [-0.2, 0) is 21.3 Å². The van der Waals surface area contributed by atoms with Crippen LogP contribution in [0.4, 0.5) is 22.0 Å². The molecule has 0 saturated carbocycles. The largest absolute Gasteiger partial charge is 0.574 e. The Morgan fingerprint density at radius 1 is 1.41 bits per heavy atom. The van der Waals surface area contributed by atoms with Gasteiger partial charge in [-0.3, -0.25) is 4.79 Å². The summed E-state index contributed by atoms with van der Waals surface area (Å²) in [5.74, 6) is -2.11. The van der Waals surface area contributed by atoms with Crippen LogP contribution in [0.1, 0.15) is 30.0 Å². The van der Waals surface area contributed by atoms with Crippen molar-refractivity contribution in [3.8, 4) is 5.88 Å². The number of aromatic nitrogens is 1. The highest BCUT2D eigenvalue weighted by molar-refractivity contribution is 9.08. The molecule has 0 atom stereocenters. The van der Waals surface area contributed by atoms with E-state index in [2.05, 4.69) is 30.4 Å². The maximum atomic E-state index is 13.2. The number of alkyl halides is 6. The molecular weight excluding hydrogens is 381 g/mol. The quantitative estimate of drug-likeness (QED) is 0.419. The summed E-state index contributed by atoms with van der Waals surface area (Å²) in [4.78, 5) is 14.8. The molecule has 0 aromatic carbocycles. The van der Waals surface area contributed by atoms with E-state index >= 15 is 0 Å². The number of carbonyl (C=O) groups is 1. The second-order valence-electron chi connectivity index (χ2n) is 3.94. The molecule has 0 aliphatic rings. The third-order valence-corrected chi connectivity index (χ3v) is 3.09. The first-order chi connectivity index (χ1) is 10.2. The van der Waals surface area contributed by atoms with Gasteiger partial charge in [-0.1, -0.05) is 15.9 Å². The molecule has 0 N–H and O–H groups in total. The van der Waals surface area contributed by atoms with Gasteiger partial charge in [-0.2, -0.15) is 0 Å². The Balaban J connectivity index is 3.35. The summed E-state index contributed by atoms with van der Waals surface area (Å²) in [6, 6.07) is 0. The molecule has 0 radical (unpaired) electrons. The van der Waals surface area contributed by atoms with Gasteiger partial charge in [0.25, 0.3) is 6.43 Å². The van der Waals surface area contributed by atoms with E-state index in [1.807, 2.05) is 0 Å². The SMILES string of the molecule is CCOC(=O)Cc1c(CBr)cnc(OC(F)(F)F)c1C(F)F. The van der Waals surface area contributed by atoms with Crippen molar-refractivity contribution in [1.29, 1.82) is 0 Å². The molecule has 1 heterocycles. The molecule has 1 rings (SSSR count). The highest BCUT2D eigenvalue weighted by atomic mass is 79.9. The number of rotatable bonds is 6. The summed E-state index contributed by atoms with van der Waals surface area (Å²) in [6.45, 7) is 1.53. The summed E-state index contributed by atoms with van der Waals surface area (Å²) in [5, 5.41) is 0.0285. The standard InChI is InChI=1S/C12H11BrF5NO3/c1-2-21-8(20)3-7-6(4-13)5-19-11(9(7)10(14)15)22-12(16,17)18/h5,10H,2-4H2,1H3. The fraction of sp³-hybridized carbons (Fsp3) is 0.500. The van der Waals surface area contributed by atoms with Crippen LogP contribution in [-0.4, -0.2) is 23.9 Å². The summed E-state index contributed by atoms with van der Waals surface area (Å²) >= 11 is 3.01. The first-order valence-electron chi connectivity index (χ1n) is 5.95. The molecule has 0 bridgehead atoms. The van der Waals surface area contributed by atoms with Crippen LogP contribution < -0.4 is 4.74 Å². The Morgan fingerprint density at radius 3 is 2.50 bits per heavy atom. The van der Waals surface area contributed by atoms with Crippen molar-refractivity contribution >= 4 is 21.9 Å². The van der Waals surface area contributed by atoms with Crippen LogP contribution in [0.5, 0.6) is 5.88 Å². The highest BCUT2D eigenvalue weighted by Gasteiger charge is 2.35. The summed E-state index contributed by atoms with van der Waals surface area (Å²) < 4.78 is 71.3. The van der Waals surface area contributed by atoms with E-state index in [-0.39, 0.29) is 23.1 Å². The van der Waals surface area contributed by atoms with Crippen LogP contribution in [0.15, 0.2) is 6.20 Å². The van der Waals surface area contributed by atoms with Crippen molar-refractivity contribution in [3.05, 3.63) is 22.9 Å². The van der Waals surface area contributed by atoms with Gasteiger partial charge in [-0.15, -0.1) is 13.2 Å². The topological polar surface area (TPSA) is 48.4 Å². The third-order valence-electron chi connectivity index (χ3n) is 2.48. The van der Waals surface area contributed by atoms with Crippen molar-refractivity contribution in [3.63, 3.8) is 0 Å². The van der Waals surface area contributed by atoms with Crippen LogP contribution in [0.2, 0.25) is 0 Å². The van der Waals surface area contributed by atoms with Crippen LogP contribution in [0, 0.1) is 0 Å². The number of pyridine rings is 1. The monoisotopic (exact) mass is 391 g/mol.